The Morgan fingerprint density at radius 1 is 0.625 bits per heavy atom. The number of halogens is 6. The fraction of sp³-hybridized carbons (Fsp3) is 0.360. The van der Waals surface area contributed by atoms with E-state index in [-0.39, 0.29) is 6.16 Å². The van der Waals surface area contributed by atoms with Gasteiger partial charge >= 0.3 is 385 Å². The van der Waals surface area contributed by atoms with Crippen LogP contribution >= 0.6 is 20.8 Å². The minimum atomic E-state index is -4.59. The number of rotatable bonds is 14. The van der Waals surface area contributed by atoms with Crippen LogP contribution in [-0.2, 0) is 20.1 Å². The van der Waals surface area contributed by atoms with E-state index in [9.17, 15) is 9.18 Å². The van der Waals surface area contributed by atoms with Crippen molar-refractivity contribution in [1.82, 2.24) is 10.6 Å². The molecule has 0 bridgehead atoms. The molecule has 2 amide bonds. The van der Waals surface area contributed by atoms with Gasteiger partial charge in [0.1, 0.15) is 0 Å². The minimum absolute atomic E-state index is 0.159. The van der Waals surface area contributed by atoms with Gasteiger partial charge in [-0.25, -0.2) is 0 Å². The summed E-state index contributed by atoms with van der Waals surface area (Å²) in [5.74, 6) is -10.9. The van der Waals surface area contributed by atoms with Gasteiger partial charge < -0.3 is 0 Å². The van der Waals surface area contributed by atoms with Gasteiger partial charge in [0.05, 0.1) is 0 Å². The van der Waals surface area contributed by atoms with Crippen LogP contribution in [0.1, 0.15) is 74.8 Å². The molecule has 0 aromatic heterocycles. The summed E-state index contributed by atoms with van der Waals surface area (Å²) in [5.41, 5.74) is -2.78. The van der Waals surface area contributed by atoms with Crippen molar-refractivity contribution in [2.45, 2.75) is 104 Å². The molecule has 0 saturated carbocycles. The predicted octanol–water partition coefficient (Wildman–Crippen LogP) is 10.8. The van der Waals surface area contributed by atoms with E-state index in [1.807, 2.05) is 67.6 Å². The third kappa shape index (κ3) is 10.5. The van der Waals surface area contributed by atoms with Gasteiger partial charge in [0, 0.05) is 0 Å². The van der Waals surface area contributed by atoms with E-state index in [1.165, 1.54) is 0 Å². The third-order valence-corrected chi connectivity index (χ3v) is 25.8. The predicted molar refractivity (Wildman–Crippen MR) is 256 cm³/mol. The summed E-state index contributed by atoms with van der Waals surface area (Å²) < 4.78 is 90.7. The van der Waals surface area contributed by atoms with Crippen LogP contribution in [0.3, 0.4) is 0 Å². The summed E-state index contributed by atoms with van der Waals surface area (Å²) in [7, 11) is -3.42. The second-order valence-electron chi connectivity index (χ2n) is 19.5. The van der Waals surface area contributed by atoms with E-state index in [2.05, 4.69) is 46.9 Å². The van der Waals surface area contributed by atoms with E-state index in [4.69, 9.17) is 9.16 Å². The van der Waals surface area contributed by atoms with Gasteiger partial charge in [0.25, 0.3) is 0 Å². The Morgan fingerprint density at radius 3 is 1.39 bits per heavy atom. The van der Waals surface area contributed by atoms with Crippen LogP contribution in [-0.4, -0.2) is 50.3 Å². The summed E-state index contributed by atoms with van der Waals surface area (Å²) in [6, 6.07) is 34.9. The number of hydrogen-bond acceptors (Lipinski definition) is 4. The van der Waals surface area contributed by atoms with Crippen molar-refractivity contribution in [3.8, 4) is 0 Å². The maximum atomic E-state index is 16.2. The van der Waals surface area contributed by atoms with E-state index < -0.39 is 101 Å². The van der Waals surface area contributed by atoms with Crippen molar-refractivity contribution in [3.05, 3.63) is 156 Å². The van der Waals surface area contributed by atoms with Gasteiger partial charge in [-0.2, -0.15) is 0 Å². The SMILES string of the molecule is CC(O[Si](c1ccccc1)(c1ccccc1)C(C)(C)C)[C@@H](CP(Br)(Cc1c(F)c(F)c(F)c(F)c1F)(c1ccccc1)c1ccccc1)NC(=O)C(NC(=O)OC(C)(C)C)C(C)(C)C. The second-order valence-corrected chi connectivity index (χ2v) is 33.3. The first-order valence-electron chi connectivity index (χ1n) is 21.2. The van der Waals surface area contributed by atoms with Crippen molar-refractivity contribution in [3.63, 3.8) is 0 Å². The topological polar surface area (TPSA) is 76.7 Å². The maximum absolute atomic E-state index is 16.2. The summed E-state index contributed by atoms with van der Waals surface area (Å²) in [6.07, 6.45) is -2.59. The molecule has 0 aliphatic heterocycles. The molecule has 344 valence electrons. The Kier molecular flexibility index (Phi) is 15.2. The van der Waals surface area contributed by atoms with Gasteiger partial charge in [-0.3, -0.25) is 0 Å². The van der Waals surface area contributed by atoms with Gasteiger partial charge in [-0.05, 0) is 0 Å². The number of carbonyl (C=O) groups is 2. The van der Waals surface area contributed by atoms with Crippen LogP contribution in [0.4, 0.5) is 26.7 Å². The van der Waals surface area contributed by atoms with Crippen molar-refractivity contribution in [2.75, 3.05) is 6.16 Å². The molecule has 0 aliphatic carbocycles. The Balaban J connectivity index is 1.84. The second kappa shape index (κ2) is 19.2. The van der Waals surface area contributed by atoms with Gasteiger partial charge in [0.15, 0.2) is 0 Å². The summed E-state index contributed by atoms with van der Waals surface area (Å²) in [6.45, 7) is 18.6. The van der Waals surface area contributed by atoms with Crippen LogP contribution in [0.15, 0.2) is 121 Å². The fourth-order valence-corrected chi connectivity index (χ4v) is 21.3. The molecule has 5 aromatic carbocycles. The molecule has 5 rings (SSSR count). The average molecular weight is 986 g/mol. The zero-order valence-electron chi connectivity index (χ0n) is 38.0. The van der Waals surface area contributed by atoms with E-state index in [0.717, 1.165) is 10.4 Å². The molecule has 6 nitrogen and oxygen atoms in total. The molecular weight excluding hydrogens is 927 g/mol. The summed E-state index contributed by atoms with van der Waals surface area (Å²) >= 11 is 4.17. The molecular formula is C50H59BrF5N2O4PSi. The van der Waals surface area contributed by atoms with Crippen molar-refractivity contribution >= 4 is 62.1 Å². The quantitative estimate of drug-likeness (QED) is 0.0382. The van der Waals surface area contributed by atoms with Crippen LogP contribution in [0.2, 0.25) is 5.04 Å². The summed E-state index contributed by atoms with van der Waals surface area (Å²) in [5, 5.41) is 3.77. The van der Waals surface area contributed by atoms with E-state index in [1.54, 1.807) is 102 Å². The first-order valence-corrected chi connectivity index (χ1v) is 27.7. The van der Waals surface area contributed by atoms with Crippen molar-refractivity contribution < 1.29 is 40.7 Å². The van der Waals surface area contributed by atoms with Crippen molar-refractivity contribution in [2.24, 2.45) is 5.41 Å². The Bertz CT molecular complexity index is 2310. The Hall–Kier alpha value is -4.42. The average Bonchev–Trinajstić information content (AvgIpc) is 3.24. The van der Waals surface area contributed by atoms with Gasteiger partial charge in [-0.15, -0.1) is 0 Å². The zero-order chi connectivity index (χ0) is 47.5. The number of benzene rings is 5. The van der Waals surface area contributed by atoms with Crippen LogP contribution in [0.25, 0.3) is 0 Å². The fourth-order valence-electron chi connectivity index (χ4n) is 8.41. The van der Waals surface area contributed by atoms with E-state index in [0.29, 0.717) is 10.6 Å². The van der Waals surface area contributed by atoms with Crippen LogP contribution in [0, 0.1) is 34.5 Å². The number of carbonyl (C=O) groups excluding carboxylic acids is 2. The molecule has 0 aliphatic rings. The molecule has 2 unspecified atom stereocenters. The first-order chi connectivity index (χ1) is 29.7. The van der Waals surface area contributed by atoms with E-state index >= 15 is 22.4 Å². The molecule has 64 heavy (non-hydrogen) atoms. The molecule has 5 aromatic rings. The standard InChI is InChI=1S/C50H59BrF5N2O4PSi/c1-33(62-64(50(8,9)10,36-27-19-13-20-28-36)37-29-21-14-22-30-37)39(57-46(59)45(48(2,3)4)58-47(60)61-49(5,6)7)32-63(51,34-23-15-11-16-24-34,35-25-17-12-18-26-35)31-38-40(52)42(54)44(56)43(55)41(38)53/h11-30,33,39,45H,31-32H2,1-10H3,(H,57,59)(H,58,60)/t33?,39-,45?/m1/s1. The van der Waals surface area contributed by atoms with Crippen molar-refractivity contribution in [1.29, 1.82) is 0 Å². The molecule has 3 atom stereocenters. The molecule has 2 N–H and O–H groups in total. The summed E-state index contributed by atoms with van der Waals surface area (Å²) in [4.78, 5) is 28.4. The molecule has 0 radical (unpaired) electrons. The molecule has 0 saturated heterocycles. The molecule has 14 heteroatoms. The number of nitrogens with one attached hydrogen (secondary N) is 2. The Morgan fingerprint density at radius 2 is 1.02 bits per heavy atom. The monoisotopic (exact) mass is 984 g/mol. The molecule has 0 spiro atoms. The number of alkyl carbamates (subject to hydrolysis) is 1. The number of hydrogen-bond donors (Lipinski definition) is 2. The normalized spacial score (nSPS) is 14.7. The number of amides is 2. The van der Waals surface area contributed by atoms with Gasteiger partial charge in [-0.1, -0.05) is 0 Å². The molecule has 0 heterocycles. The first kappa shape index (κ1) is 50.6. The Labute approximate surface area is 383 Å². The van der Waals surface area contributed by atoms with Crippen LogP contribution < -0.4 is 31.6 Å². The van der Waals surface area contributed by atoms with Gasteiger partial charge in [0.2, 0.25) is 0 Å². The third-order valence-electron chi connectivity index (χ3n) is 11.5. The van der Waals surface area contributed by atoms with Crippen LogP contribution in [0.5, 0.6) is 0 Å². The zero-order valence-corrected chi connectivity index (χ0v) is 41.5. The number of ether oxygens (including phenoxy) is 1. The molecule has 0 fully saturated rings.